The maximum absolute atomic E-state index is 9.40. The highest BCUT2D eigenvalue weighted by molar-refractivity contribution is 5.54. The number of methoxy groups -OCH3 is 1. The maximum Gasteiger partial charge on any atom is 0.163 e. The van der Waals surface area contributed by atoms with Crippen LogP contribution in [0.2, 0.25) is 0 Å². The van der Waals surface area contributed by atoms with Crippen LogP contribution in [-0.4, -0.2) is 43.7 Å². The van der Waals surface area contributed by atoms with E-state index in [9.17, 15) is 5.11 Å². The quantitative estimate of drug-likeness (QED) is 0.645. The van der Waals surface area contributed by atoms with Gasteiger partial charge in [0, 0.05) is 23.7 Å². The van der Waals surface area contributed by atoms with E-state index in [1.54, 1.807) is 7.11 Å². The summed E-state index contributed by atoms with van der Waals surface area (Å²) in [6, 6.07) is 5.55. The number of hydrogen-bond donors (Lipinski definition) is 3. The molecule has 1 unspecified atom stereocenters. The lowest BCUT2D eigenvalue weighted by Crippen LogP contribution is -2.29. The number of hydrogen-bond acceptors (Lipinski definition) is 5. The van der Waals surface area contributed by atoms with Crippen LogP contribution < -0.4 is 14.8 Å². The van der Waals surface area contributed by atoms with Crippen LogP contribution in [0.1, 0.15) is 20.3 Å². The maximum atomic E-state index is 9.40. The molecule has 5 heteroatoms. The van der Waals surface area contributed by atoms with Gasteiger partial charge in [-0.1, -0.05) is 13.8 Å². The van der Waals surface area contributed by atoms with Crippen LogP contribution in [0.5, 0.6) is 11.5 Å². The molecule has 0 radical (unpaired) electrons. The van der Waals surface area contributed by atoms with Crippen LogP contribution in [0.4, 0.5) is 5.69 Å². The Morgan fingerprint density at radius 1 is 1.25 bits per heavy atom. The molecule has 0 amide bonds. The van der Waals surface area contributed by atoms with Gasteiger partial charge in [0.05, 0.1) is 20.3 Å². The number of anilines is 1. The lowest BCUT2D eigenvalue weighted by molar-refractivity contribution is 0.149. The minimum atomic E-state index is -0.147. The van der Waals surface area contributed by atoms with E-state index in [0.29, 0.717) is 18.0 Å². The normalized spacial score (nSPS) is 13.7. The third kappa shape index (κ3) is 4.58. The molecule has 0 saturated carbocycles. The zero-order chi connectivity index (χ0) is 15.0. The van der Waals surface area contributed by atoms with Crippen LogP contribution in [0.25, 0.3) is 0 Å². The molecule has 0 heterocycles. The van der Waals surface area contributed by atoms with Crippen molar-refractivity contribution in [1.29, 1.82) is 0 Å². The van der Waals surface area contributed by atoms with Gasteiger partial charge in [-0.05, 0) is 18.6 Å². The van der Waals surface area contributed by atoms with Gasteiger partial charge in [-0.15, -0.1) is 0 Å². The number of aliphatic hydroxyl groups excluding tert-OH is 2. The van der Waals surface area contributed by atoms with Crippen molar-refractivity contribution >= 4 is 5.69 Å². The summed E-state index contributed by atoms with van der Waals surface area (Å²) in [5, 5.41) is 21.5. The molecule has 0 aromatic heterocycles. The Hall–Kier alpha value is -1.46. The van der Waals surface area contributed by atoms with Crippen molar-refractivity contribution in [2.75, 3.05) is 38.8 Å². The topological polar surface area (TPSA) is 71.0 Å². The molecule has 114 valence electrons. The van der Waals surface area contributed by atoms with Crippen molar-refractivity contribution in [2.24, 2.45) is 5.41 Å². The summed E-state index contributed by atoms with van der Waals surface area (Å²) >= 11 is 0. The van der Waals surface area contributed by atoms with Gasteiger partial charge in [-0.3, -0.25) is 0 Å². The zero-order valence-electron chi connectivity index (χ0n) is 12.5. The van der Waals surface area contributed by atoms with Crippen LogP contribution in [0.3, 0.4) is 0 Å². The van der Waals surface area contributed by atoms with Gasteiger partial charge in [0.1, 0.15) is 6.61 Å². The van der Waals surface area contributed by atoms with Crippen LogP contribution in [0.15, 0.2) is 18.2 Å². The Morgan fingerprint density at radius 2 is 2.00 bits per heavy atom. The number of aliphatic hydroxyl groups is 2. The Balaban J connectivity index is 2.76. The van der Waals surface area contributed by atoms with Gasteiger partial charge >= 0.3 is 0 Å². The molecule has 0 aliphatic heterocycles. The predicted molar refractivity (Wildman–Crippen MR) is 79.5 cm³/mol. The minimum absolute atomic E-state index is 0.0424. The fourth-order valence-corrected chi connectivity index (χ4v) is 1.66. The summed E-state index contributed by atoms with van der Waals surface area (Å²) in [6.45, 7) is 5.09. The first kappa shape index (κ1) is 16.6. The van der Waals surface area contributed by atoms with Crippen molar-refractivity contribution in [3.05, 3.63) is 18.2 Å². The van der Waals surface area contributed by atoms with E-state index in [4.69, 9.17) is 14.6 Å². The summed E-state index contributed by atoms with van der Waals surface area (Å²) in [5.41, 5.74) is 0.748. The van der Waals surface area contributed by atoms with Gasteiger partial charge in [0.25, 0.3) is 0 Å². The monoisotopic (exact) mass is 283 g/mol. The van der Waals surface area contributed by atoms with Gasteiger partial charge in [-0.25, -0.2) is 0 Å². The van der Waals surface area contributed by atoms with E-state index in [0.717, 1.165) is 12.1 Å². The molecule has 0 aliphatic carbocycles. The summed E-state index contributed by atoms with van der Waals surface area (Å²) in [6.07, 6.45) is 0.889. The number of nitrogens with one attached hydrogen (secondary N) is 1. The fourth-order valence-electron chi connectivity index (χ4n) is 1.66. The molecule has 3 N–H and O–H groups in total. The van der Waals surface area contributed by atoms with Gasteiger partial charge in [0.15, 0.2) is 11.5 Å². The molecule has 1 aromatic carbocycles. The van der Waals surface area contributed by atoms with Crippen molar-refractivity contribution in [3.8, 4) is 11.5 Å². The van der Waals surface area contributed by atoms with Crippen molar-refractivity contribution in [3.63, 3.8) is 0 Å². The largest absolute Gasteiger partial charge is 0.493 e. The molecular formula is C15H25NO4. The van der Waals surface area contributed by atoms with E-state index in [1.807, 2.05) is 25.1 Å². The van der Waals surface area contributed by atoms with Gasteiger partial charge in [-0.2, -0.15) is 0 Å². The number of rotatable bonds is 9. The third-order valence-electron chi connectivity index (χ3n) is 3.47. The standard InChI is InChI=1S/C15H25NO4/c1-4-15(2,11-18)10-16-12-5-6-13(19-3)14(9-12)20-8-7-17/h5-6,9,16-18H,4,7-8,10-11H2,1-3H3. The number of ether oxygens (including phenoxy) is 2. The zero-order valence-corrected chi connectivity index (χ0v) is 12.5. The molecule has 5 nitrogen and oxygen atoms in total. The second-order valence-corrected chi connectivity index (χ2v) is 5.11. The number of benzene rings is 1. The molecule has 1 rings (SSSR count). The molecule has 20 heavy (non-hydrogen) atoms. The smallest absolute Gasteiger partial charge is 0.163 e. The fraction of sp³-hybridized carbons (Fsp3) is 0.600. The molecular weight excluding hydrogens is 258 g/mol. The second-order valence-electron chi connectivity index (χ2n) is 5.11. The Labute approximate surface area is 120 Å². The average Bonchev–Trinajstić information content (AvgIpc) is 2.50. The third-order valence-corrected chi connectivity index (χ3v) is 3.47. The Kier molecular flexibility index (Phi) is 6.61. The van der Waals surface area contributed by atoms with Crippen LogP contribution in [-0.2, 0) is 0 Å². The lowest BCUT2D eigenvalue weighted by atomic mass is 9.88. The molecule has 0 spiro atoms. The lowest BCUT2D eigenvalue weighted by Gasteiger charge is -2.26. The van der Waals surface area contributed by atoms with Crippen molar-refractivity contribution < 1.29 is 19.7 Å². The summed E-state index contributed by atoms with van der Waals surface area (Å²) in [4.78, 5) is 0. The molecule has 0 saturated heterocycles. The first-order valence-electron chi connectivity index (χ1n) is 6.85. The first-order chi connectivity index (χ1) is 9.58. The predicted octanol–water partition coefficient (Wildman–Crippen LogP) is 1.89. The van der Waals surface area contributed by atoms with Crippen molar-refractivity contribution in [1.82, 2.24) is 0 Å². The Bertz CT molecular complexity index is 405. The van der Waals surface area contributed by atoms with Gasteiger partial charge in [0.2, 0.25) is 0 Å². The van der Waals surface area contributed by atoms with E-state index in [1.165, 1.54) is 0 Å². The molecule has 0 aliphatic rings. The first-order valence-corrected chi connectivity index (χ1v) is 6.85. The highest BCUT2D eigenvalue weighted by atomic mass is 16.5. The molecule has 0 bridgehead atoms. The SMILES string of the molecule is CCC(C)(CO)CNc1ccc(OC)c(OCCO)c1. The van der Waals surface area contributed by atoms with E-state index < -0.39 is 0 Å². The van der Waals surface area contributed by atoms with E-state index >= 15 is 0 Å². The highest BCUT2D eigenvalue weighted by Crippen LogP contribution is 2.31. The van der Waals surface area contributed by atoms with Crippen molar-refractivity contribution in [2.45, 2.75) is 20.3 Å². The van der Waals surface area contributed by atoms with E-state index in [2.05, 4.69) is 12.2 Å². The molecule has 0 fully saturated rings. The average molecular weight is 283 g/mol. The summed E-state index contributed by atoms with van der Waals surface area (Å²) in [7, 11) is 1.58. The minimum Gasteiger partial charge on any atom is -0.493 e. The highest BCUT2D eigenvalue weighted by Gasteiger charge is 2.20. The summed E-state index contributed by atoms with van der Waals surface area (Å²) in [5.74, 6) is 1.22. The molecule has 1 atom stereocenters. The molecule has 1 aromatic rings. The van der Waals surface area contributed by atoms with Crippen LogP contribution in [0, 0.1) is 5.41 Å². The summed E-state index contributed by atoms with van der Waals surface area (Å²) < 4.78 is 10.6. The Morgan fingerprint density at radius 3 is 2.55 bits per heavy atom. The van der Waals surface area contributed by atoms with Crippen LogP contribution >= 0.6 is 0 Å². The second kappa shape index (κ2) is 7.97. The van der Waals surface area contributed by atoms with Gasteiger partial charge < -0.3 is 25.0 Å². The van der Waals surface area contributed by atoms with E-state index in [-0.39, 0.29) is 25.2 Å².